The molecule has 0 N–H and O–H groups in total. The van der Waals surface area contributed by atoms with Gasteiger partial charge in [-0.1, -0.05) is 20.8 Å². The lowest BCUT2D eigenvalue weighted by Gasteiger charge is -2.33. The van der Waals surface area contributed by atoms with E-state index in [1.807, 2.05) is 32.7 Å². The maximum Gasteiger partial charge on any atom is 0.237 e. The first-order chi connectivity index (χ1) is 6.80. The number of likely N-dealkylation sites (N-methyl/N-ethyl adjacent to an activating group) is 1. The zero-order valence-corrected chi connectivity index (χ0v) is 10.0. The highest BCUT2D eigenvalue weighted by Gasteiger charge is 2.28. The number of carbonyl (C=O) groups is 2. The number of hydrogen-bond acceptors (Lipinski definition) is 3. The largest absolute Gasteiger partial charge is 0.333 e. The number of rotatable bonds is 2. The summed E-state index contributed by atoms with van der Waals surface area (Å²) < 4.78 is 0. The van der Waals surface area contributed by atoms with Crippen molar-refractivity contribution in [1.29, 1.82) is 0 Å². The summed E-state index contributed by atoms with van der Waals surface area (Å²) in [5.41, 5.74) is -0.358. The third-order valence-electron chi connectivity index (χ3n) is 2.68. The average molecular weight is 212 g/mol. The SMILES string of the molecule is CN1CCN(CC(=O)C(C)(C)C)C(=O)C1. The summed E-state index contributed by atoms with van der Waals surface area (Å²) in [6, 6.07) is 0. The molecule has 1 aliphatic rings. The lowest BCUT2D eigenvalue weighted by molar-refractivity contribution is -0.141. The van der Waals surface area contributed by atoms with Crippen LogP contribution in [-0.2, 0) is 9.59 Å². The fourth-order valence-electron chi connectivity index (χ4n) is 1.40. The Morgan fingerprint density at radius 3 is 2.40 bits per heavy atom. The Morgan fingerprint density at radius 2 is 1.93 bits per heavy atom. The third kappa shape index (κ3) is 3.30. The molecule has 1 rings (SSSR count). The monoisotopic (exact) mass is 212 g/mol. The molecule has 0 atom stereocenters. The van der Waals surface area contributed by atoms with E-state index in [2.05, 4.69) is 0 Å². The summed E-state index contributed by atoms with van der Waals surface area (Å²) in [6.07, 6.45) is 0. The molecule has 0 aromatic rings. The van der Waals surface area contributed by atoms with Crippen LogP contribution >= 0.6 is 0 Å². The molecular weight excluding hydrogens is 192 g/mol. The van der Waals surface area contributed by atoms with Gasteiger partial charge < -0.3 is 4.90 Å². The first-order valence-corrected chi connectivity index (χ1v) is 5.30. The van der Waals surface area contributed by atoms with Gasteiger partial charge in [0.15, 0.2) is 5.78 Å². The Hall–Kier alpha value is -0.900. The minimum atomic E-state index is -0.358. The molecule has 1 aliphatic heterocycles. The number of Topliss-reactive ketones (excluding diaryl/α,β-unsaturated/α-hetero) is 1. The van der Waals surface area contributed by atoms with Crippen LogP contribution in [0.25, 0.3) is 0 Å². The molecule has 1 heterocycles. The van der Waals surface area contributed by atoms with Crippen LogP contribution in [0.5, 0.6) is 0 Å². The van der Waals surface area contributed by atoms with Crippen LogP contribution < -0.4 is 0 Å². The van der Waals surface area contributed by atoms with Crippen LogP contribution in [0.1, 0.15) is 20.8 Å². The number of amides is 1. The van der Waals surface area contributed by atoms with Crippen molar-refractivity contribution < 1.29 is 9.59 Å². The predicted molar refractivity (Wildman–Crippen MR) is 58.5 cm³/mol. The Labute approximate surface area is 91.2 Å². The fourth-order valence-corrected chi connectivity index (χ4v) is 1.40. The molecule has 0 unspecified atom stereocenters. The molecule has 4 nitrogen and oxygen atoms in total. The first kappa shape index (κ1) is 12.2. The van der Waals surface area contributed by atoms with Gasteiger partial charge >= 0.3 is 0 Å². The summed E-state index contributed by atoms with van der Waals surface area (Å²) in [4.78, 5) is 27.0. The van der Waals surface area contributed by atoms with Crippen molar-refractivity contribution in [2.75, 3.05) is 33.2 Å². The second-order valence-electron chi connectivity index (χ2n) is 5.23. The maximum absolute atomic E-state index is 11.8. The van der Waals surface area contributed by atoms with Gasteiger partial charge in [0.05, 0.1) is 13.1 Å². The Balaban J connectivity index is 2.53. The Kier molecular flexibility index (Phi) is 3.50. The van der Waals surface area contributed by atoms with Crippen molar-refractivity contribution in [3.05, 3.63) is 0 Å². The Bertz CT molecular complexity index is 268. The van der Waals surface area contributed by atoms with E-state index in [0.29, 0.717) is 13.1 Å². The standard InChI is InChI=1S/C11H20N2O2/c1-11(2,3)9(14)7-13-6-5-12(4)8-10(13)15/h5-8H2,1-4H3. The van der Waals surface area contributed by atoms with E-state index >= 15 is 0 Å². The zero-order chi connectivity index (χ0) is 11.6. The van der Waals surface area contributed by atoms with E-state index in [4.69, 9.17) is 0 Å². The molecule has 1 fully saturated rings. The van der Waals surface area contributed by atoms with Gasteiger partial charge in [0.25, 0.3) is 0 Å². The second kappa shape index (κ2) is 4.31. The summed E-state index contributed by atoms with van der Waals surface area (Å²) in [7, 11) is 1.92. The summed E-state index contributed by atoms with van der Waals surface area (Å²) in [5, 5.41) is 0. The summed E-state index contributed by atoms with van der Waals surface area (Å²) in [6.45, 7) is 7.86. The van der Waals surface area contributed by atoms with Crippen LogP contribution in [0.4, 0.5) is 0 Å². The van der Waals surface area contributed by atoms with E-state index in [0.717, 1.165) is 6.54 Å². The van der Waals surface area contributed by atoms with E-state index in [9.17, 15) is 9.59 Å². The highest BCUT2D eigenvalue weighted by Crippen LogP contribution is 2.15. The van der Waals surface area contributed by atoms with Crippen molar-refractivity contribution in [2.24, 2.45) is 5.41 Å². The van der Waals surface area contributed by atoms with E-state index < -0.39 is 0 Å². The lowest BCUT2D eigenvalue weighted by atomic mass is 9.90. The second-order valence-corrected chi connectivity index (χ2v) is 5.23. The topological polar surface area (TPSA) is 40.6 Å². The molecule has 4 heteroatoms. The van der Waals surface area contributed by atoms with E-state index in [1.165, 1.54) is 0 Å². The van der Waals surface area contributed by atoms with E-state index in [-0.39, 0.29) is 23.7 Å². The van der Waals surface area contributed by atoms with Gasteiger partial charge in [-0.15, -0.1) is 0 Å². The van der Waals surface area contributed by atoms with Gasteiger partial charge in [-0.3, -0.25) is 14.5 Å². The van der Waals surface area contributed by atoms with Crippen molar-refractivity contribution >= 4 is 11.7 Å². The molecule has 0 radical (unpaired) electrons. The van der Waals surface area contributed by atoms with Crippen LogP contribution in [0.2, 0.25) is 0 Å². The molecule has 86 valence electrons. The quantitative estimate of drug-likeness (QED) is 0.664. The molecule has 15 heavy (non-hydrogen) atoms. The zero-order valence-electron chi connectivity index (χ0n) is 10.0. The molecular formula is C11H20N2O2. The summed E-state index contributed by atoms with van der Waals surface area (Å²) >= 11 is 0. The van der Waals surface area contributed by atoms with E-state index in [1.54, 1.807) is 4.90 Å². The third-order valence-corrected chi connectivity index (χ3v) is 2.68. The normalized spacial score (nSPS) is 19.5. The predicted octanol–water partition coefficient (Wildman–Crippen LogP) is 0.376. The fraction of sp³-hybridized carbons (Fsp3) is 0.818. The average Bonchev–Trinajstić information content (AvgIpc) is 2.08. The van der Waals surface area contributed by atoms with Crippen LogP contribution in [0.3, 0.4) is 0 Å². The molecule has 1 amide bonds. The molecule has 1 saturated heterocycles. The summed E-state index contributed by atoms with van der Waals surface area (Å²) in [5.74, 6) is 0.182. The Morgan fingerprint density at radius 1 is 1.33 bits per heavy atom. The molecule has 0 aromatic carbocycles. The van der Waals surface area contributed by atoms with Gasteiger partial charge in [0.1, 0.15) is 0 Å². The molecule has 0 aromatic heterocycles. The number of ketones is 1. The van der Waals surface area contributed by atoms with Crippen LogP contribution in [0, 0.1) is 5.41 Å². The molecule has 0 spiro atoms. The van der Waals surface area contributed by atoms with Gasteiger partial charge in [0, 0.05) is 18.5 Å². The van der Waals surface area contributed by atoms with Crippen molar-refractivity contribution in [3.63, 3.8) is 0 Å². The lowest BCUT2D eigenvalue weighted by Crippen LogP contribution is -2.51. The minimum Gasteiger partial charge on any atom is -0.333 e. The van der Waals surface area contributed by atoms with Gasteiger partial charge in [-0.05, 0) is 7.05 Å². The number of carbonyl (C=O) groups excluding carboxylic acids is 2. The molecule has 0 saturated carbocycles. The van der Waals surface area contributed by atoms with Gasteiger partial charge in [0.2, 0.25) is 5.91 Å². The maximum atomic E-state index is 11.8. The highest BCUT2D eigenvalue weighted by molar-refractivity contribution is 5.90. The minimum absolute atomic E-state index is 0.0568. The van der Waals surface area contributed by atoms with Gasteiger partial charge in [-0.25, -0.2) is 0 Å². The van der Waals surface area contributed by atoms with Gasteiger partial charge in [-0.2, -0.15) is 0 Å². The van der Waals surface area contributed by atoms with Crippen LogP contribution in [0.15, 0.2) is 0 Å². The smallest absolute Gasteiger partial charge is 0.237 e. The number of hydrogen-bond donors (Lipinski definition) is 0. The highest BCUT2D eigenvalue weighted by atomic mass is 16.2. The van der Waals surface area contributed by atoms with Crippen LogP contribution in [-0.4, -0.2) is 54.7 Å². The van der Waals surface area contributed by atoms with Crippen molar-refractivity contribution in [1.82, 2.24) is 9.80 Å². The molecule has 0 bridgehead atoms. The van der Waals surface area contributed by atoms with Crippen molar-refractivity contribution in [3.8, 4) is 0 Å². The number of piperazine rings is 1. The van der Waals surface area contributed by atoms with Crippen molar-refractivity contribution in [2.45, 2.75) is 20.8 Å². The molecule has 0 aliphatic carbocycles. The first-order valence-electron chi connectivity index (χ1n) is 5.30. The number of nitrogens with zero attached hydrogens (tertiary/aromatic N) is 2.